The van der Waals surface area contributed by atoms with Crippen molar-refractivity contribution in [1.82, 2.24) is 4.98 Å². The summed E-state index contributed by atoms with van der Waals surface area (Å²) >= 11 is 18.5. The third kappa shape index (κ3) is 3.53. The van der Waals surface area contributed by atoms with Gasteiger partial charge in [-0.15, -0.1) is 11.3 Å². The fraction of sp³-hybridized carbons (Fsp3) is 0.182. The number of thiophene rings is 1. The van der Waals surface area contributed by atoms with Crippen molar-refractivity contribution in [3.8, 4) is 0 Å². The number of hydrogen-bond acceptors (Lipinski definition) is 2. The first-order valence-corrected chi connectivity index (χ1v) is 8.44. The van der Waals surface area contributed by atoms with Gasteiger partial charge in [0.1, 0.15) is 0 Å². The average molecular weight is 460 g/mol. The second-order valence-electron chi connectivity index (χ2n) is 3.42. The van der Waals surface area contributed by atoms with Crippen LogP contribution in [-0.2, 0) is 6.42 Å². The van der Waals surface area contributed by atoms with Crippen molar-refractivity contribution in [2.45, 2.75) is 11.2 Å². The van der Waals surface area contributed by atoms with Gasteiger partial charge in [0.15, 0.2) is 0 Å². The first-order valence-electron chi connectivity index (χ1n) is 4.75. The molecule has 0 saturated carbocycles. The van der Waals surface area contributed by atoms with Crippen molar-refractivity contribution in [3.63, 3.8) is 0 Å². The van der Waals surface area contributed by atoms with Crippen molar-refractivity contribution in [2.75, 3.05) is 0 Å². The fourth-order valence-electron chi connectivity index (χ4n) is 1.44. The topological polar surface area (TPSA) is 12.9 Å². The van der Waals surface area contributed by atoms with Crippen LogP contribution >= 0.6 is 70.7 Å². The number of pyridine rings is 1. The summed E-state index contributed by atoms with van der Waals surface area (Å²) in [5, 5.41) is 0.711. The highest BCUT2D eigenvalue weighted by Gasteiger charge is 2.16. The SMILES string of the molecule is Clc1cnccc1CC(Br)c1cc(Br)sc1Br. The summed E-state index contributed by atoms with van der Waals surface area (Å²) in [7, 11) is 0. The van der Waals surface area contributed by atoms with Crippen molar-refractivity contribution >= 4 is 70.7 Å². The molecule has 0 amide bonds. The molecule has 0 N–H and O–H groups in total. The van der Waals surface area contributed by atoms with Crippen molar-refractivity contribution in [1.29, 1.82) is 0 Å². The van der Waals surface area contributed by atoms with E-state index in [0.717, 1.165) is 19.6 Å². The van der Waals surface area contributed by atoms with E-state index in [1.807, 2.05) is 6.07 Å². The van der Waals surface area contributed by atoms with Gasteiger partial charge in [0.05, 0.1) is 12.6 Å². The number of halogens is 4. The molecule has 0 aliphatic rings. The Bertz CT molecular complexity index is 529. The highest BCUT2D eigenvalue weighted by molar-refractivity contribution is 9.12. The van der Waals surface area contributed by atoms with E-state index in [9.17, 15) is 0 Å². The summed E-state index contributed by atoms with van der Waals surface area (Å²) in [4.78, 5) is 4.22. The molecular formula is C11H7Br3ClNS. The average Bonchev–Trinajstić information content (AvgIpc) is 2.61. The molecule has 0 saturated heterocycles. The van der Waals surface area contributed by atoms with Crippen LogP contribution in [0.25, 0.3) is 0 Å². The molecule has 2 aromatic rings. The number of nitrogens with zero attached hydrogens (tertiary/aromatic N) is 1. The highest BCUT2D eigenvalue weighted by Crippen LogP contribution is 2.40. The van der Waals surface area contributed by atoms with Gasteiger partial charge in [0.2, 0.25) is 0 Å². The number of rotatable bonds is 3. The van der Waals surface area contributed by atoms with E-state index in [0.29, 0.717) is 5.02 Å². The number of alkyl halides is 1. The molecule has 0 fully saturated rings. The molecule has 2 aromatic heterocycles. The van der Waals surface area contributed by atoms with Crippen LogP contribution in [-0.4, -0.2) is 4.98 Å². The quantitative estimate of drug-likeness (QED) is 0.512. The molecule has 17 heavy (non-hydrogen) atoms. The predicted molar refractivity (Wildman–Crippen MR) is 84.3 cm³/mol. The maximum absolute atomic E-state index is 6.10. The summed E-state index contributed by atoms with van der Waals surface area (Å²) in [5.74, 6) is 0. The van der Waals surface area contributed by atoms with Gasteiger partial charge in [-0.2, -0.15) is 0 Å². The Labute approximate surface area is 134 Å². The first kappa shape index (κ1) is 14.0. The van der Waals surface area contributed by atoms with E-state index in [4.69, 9.17) is 11.6 Å². The summed E-state index contributed by atoms with van der Waals surface area (Å²) in [6.45, 7) is 0. The van der Waals surface area contributed by atoms with Crippen LogP contribution in [0, 0.1) is 0 Å². The summed E-state index contributed by atoms with van der Waals surface area (Å²) in [6.07, 6.45) is 4.28. The van der Waals surface area contributed by atoms with Gasteiger partial charge in [-0.05, 0) is 61.5 Å². The van der Waals surface area contributed by atoms with E-state index in [1.165, 1.54) is 5.56 Å². The van der Waals surface area contributed by atoms with Gasteiger partial charge in [0, 0.05) is 17.2 Å². The van der Waals surface area contributed by atoms with E-state index >= 15 is 0 Å². The van der Waals surface area contributed by atoms with Gasteiger partial charge >= 0.3 is 0 Å². The monoisotopic (exact) mass is 457 g/mol. The van der Waals surface area contributed by atoms with Crippen LogP contribution in [0.15, 0.2) is 32.1 Å². The van der Waals surface area contributed by atoms with Gasteiger partial charge < -0.3 is 0 Å². The van der Waals surface area contributed by atoms with Crippen LogP contribution in [0.5, 0.6) is 0 Å². The van der Waals surface area contributed by atoms with E-state index < -0.39 is 0 Å². The lowest BCUT2D eigenvalue weighted by molar-refractivity contribution is 0.946. The zero-order chi connectivity index (χ0) is 12.4. The molecule has 1 atom stereocenters. The fourth-order valence-corrected chi connectivity index (χ4v) is 5.78. The minimum atomic E-state index is 0.235. The second-order valence-corrected chi connectivity index (χ2v) is 8.68. The standard InChI is InChI=1S/C11H7Br3ClNS/c12-8(7-4-10(13)17-11(7)14)3-6-1-2-16-5-9(6)15/h1-2,4-5,8H,3H2. The van der Waals surface area contributed by atoms with Crippen molar-refractivity contribution < 1.29 is 0 Å². The van der Waals surface area contributed by atoms with Crippen LogP contribution in [0.2, 0.25) is 5.02 Å². The lowest BCUT2D eigenvalue weighted by atomic mass is 10.1. The Hall–Kier alpha value is 0.580. The van der Waals surface area contributed by atoms with Gasteiger partial charge in [0.25, 0.3) is 0 Å². The minimum absolute atomic E-state index is 0.235. The molecule has 2 heterocycles. The Morgan fingerprint density at radius 3 is 2.76 bits per heavy atom. The Balaban J connectivity index is 2.20. The zero-order valence-corrected chi connectivity index (χ0v) is 14.8. The summed E-state index contributed by atoms with van der Waals surface area (Å²) < 4.78 is 2.25. The van der Waals surface area contributed by atoms with E-state index in [-0.39, 0.29) is 4.83 Å². The molecule has 6 heteroatoms. The van der Waals surface area contributed by atoms with Crippen molar-refractivity contribution in [3.05, 3.63) is 48.2 Å². The van der Waals surface area contributed by atoms with Gasteiger partial charge in [-0.3, -0.25) is 4.98 Å². The van der Waals surface area contributed by atoms with Crippen molar-refractivity contribution in [2.24, 2.45) is 0 Å². The third-order valence-corrected chi connectivity index (χ3v) is 5.82. The molecule has 1 unspecified atom stereocenters. The van der Waals surface area contributed by atoms with Crippen LogP contribution in [0.4, 0.5) is 0 Å². The number of hydrogen-bond donors (Lipinski definition) is 0. The molecule has 0 radical (unpaired) electrons. The molecule has 90 valence electrons. The molecule has 0 spiro atoms. The smallest absolute Gasteiger partial charge is 0.0753 e. The van der Waals surface area contributed by atoms with E-state index in [1.54, 1.807) is 23.7 Å². The lowest BCUT2D eigenvalue weighted by Crippen LogP contribution is -1.95. The minimum Gasteiger partial charge on any atom is -0.263 e. The summed E-state index contributed by atoms with van der Waals surface area (Å²) in [5.41, 5.74) is 2.33. The van der Waals surface area contributed by atoms with Gasteiger partial charge in [-0.25, -0.2) is 0 Å². The molecular weight excluding hydrogens is 453 g/mol. The third-order valence-electron chi connectivity index (χ3n) is 2.28. The van der Waals surface area contributed by atoms with Crippen LogP contribution < -0.4 is 0 Å². The number of aromatic nitrogens is 1. The maximum atomic E-state index is 6.10. The first-order chi connectivity index (χ1) is 8.08. The largest absolute Gasteiger partial charge is 0.263 e. The Kier molecular flexibility index (Phi) is 5.06. The van der Waals surface area contributed by atoms with E-state index in [2.05, 4.69) is 58.8 Å². The normalized spacial score (nSPS) is 12.7. The second kappa shape index (κ2) is 6.15. The zero-order valence-electron chi connectivity index (χ0n) is 8.46. The molecule has 2 rings (SSSR count). The maximum Gasteiger partial charge on any atom is 0.0753 e. The Morgan fingerprint density at radius 1 is 1.41 bits per heavy atom. The van der Waals surface area contributed by atoms with Crippen LogP contribution in [0.3, 0.4) is 0 Å². The Morgan fingerprint density at radius 2 is 2.18 bits per heavy atom. The molecule has 0 aromatic carbocycles. The molecule has 0 aliphatic heterocycles. The predicted octanol–water partition coefficient (Wildman–Crippen LogP) is 6.00. The molecule has 1 nitrogen and oxygen atoms in total. The summed E-state index contributed by atoms with van der Waals surface area (Å²) in [6, 6.07) is 4.06. The molecule has 0 aliphatic carbocycles. The molecule has 0 bridgehead atoms. The highest BCUT2D eigenvalue weighted by atomic mass is 79.9. The van der Waals surface area contributed by atoms with Crippen LogP contribution in [0.1, 0.15) is 16.0 Å². The van der Waals surface area contributed by atoms with Gasteiger partial charge in [-0.1, -0.05) is 27.5 Å². The lowest BCUT2D eigenvalue weighted by Gasteiger charge is -2.10.